The van der Waals surface area contributed by atoms with Gasteiger partial charge in [0.2, 0.25) is 0 Å². The number of nitrogens with zero attached hydrogens (tertiary/aromatic N) is 2. The highest BCUT2D eigenvalue weighted by atomic mass is 16.1. The Morgan fingerprint density at radius 2 is 1.97 bits per heavy atom. The van der Waals surface area contributed by atoms with Gasteiger partial charge in [0, 0.05) is 67.5 Å². The number of nitrogens with one attached hydrogen (secondary N) is 2. The van der Waals surface area contributed by atoms with Crippen molar-refractivity contribution in [3.63, 3.8) is 0 Å². The standard InChI is InChI=1S/C24H28N4O/c1-17-6-8-18(9-7-17)24(29)25-10-11-27-12-13-28-16-23-21(14-19(28)15-27)20-4-2-3-5-22(20)26-23/h2-9,19,26H,10-16H2,1H3,(H,25,29). The lowest BCUT2D eigenvalue weighted by atomic mass is 9.95. The summed E-state index contributed by atoms with van der Waals surface area (Å²) in [6.07, 6.45) is 1.10. The number of aromatic amines is 1. The first-order valence-corrected chi connectivity index (χ1v) is 10.6. The molecule has 5 nitrogen and oxygen atoms in total. The first kappa shape index (κ1) is 18.4. The molecular weight excluding hydrogens is 360 g/mol. The molecule has 3 aromatic rings. The normalized spacial score (nSPS) is 19.7. The number of carbonyl (C=O) groups is 1. The number of amides is 1. The molecule has 1 atom stereocenters. The van der Waals surface area contributed by atoms with Gasteiger partial charge in [-0.05, 0) is 37.1 Å². The highest BCUT2D eigenvalue weighted by molar-refractivity contribution is 5.94. The molecular formula is C24H28N4O. The zero-order valence-corrected chi connectivity index (χ0v) is 16.9. The van der Waals surface area contributed by atoms with E-state index in [1.54, 1.807) is 0 Å². The predicted molar refractivity (Wildman–Crippen MR) is 116 cm³/mol. The van der Waals surface area contributed by atoms with E-state index in [-0.39, 0.29) is 5.91 Å². The van der Waals surface area contributed by atoms with Crippen LogP contribution in [0.25, 0.3) is 10.9 Å². The molecule has 1 saturated heterocycles. The predicted octanol–water partition coefficient (Wildman–Crippen LogP) is 2.95. The number of para-hydroxylation sites is 1. The van der Waals surface area contributed by atoms with Gasteiger partial charge < -0.3 is 10.3 Å². The SMILES string of the molecule is Cc1ccc(C(=O)NCCN2CCN3Cc4[nH]c5ccccc5c4CC3C2)cc1. The van der Waals surface area contributed by atoms with Crippen molar-refractivity contribution in [3.05, 3.63) is 70.9 Å². The van der Waals surface area contributed by atoms with Crippen LogP contribution >= 0.6 is 0 Å². The summed E-state index contributed by atoms with van der Waals surface area (Å²) in [5.74, 6) is 0.0183. The summed E-state index contributed by atoms with van der Waals surface area (Å²) < 4.78 is 0. The van der Waals surface area contributed by atoms with Crippen molar-refractivity contribution in [1.29, 1.82) is 0 Å². The van der Waals surface area contributed by atoms with Crippen LogP contribution in [0, 0.1) is 6.92 Å². The minimum Gasteiger partial charge on any atom is -0.357 e. The third kappa shape index (κ3) is 3.68. The quantitative estimate of drug-likeness (QED) is 0.723. The number of aromatic nitrogens is 1. The second-order valence-electron chi connectivity index (χ2n) is 8.38. The van der Waals surface area contributed by atoms with E-state index >= 15 is 0 Å². The summed E-state index contributed by atoms with van der Waals surface area (Å²) in [4.78, 5) is 21.0. The Kier molecular flexibility index (Phi) is 4.86. The molecule has 2 aromatic carbocycles. The van der Waals surface area contributed by atoms with E-state index < -0.39 is 0 Å². The molecule has 5 rings (SSSR count). The van der Waals surface area contributed by atoms with Crippen LogP contribution in [0.4, 0.5) is 0 Å². The van der Waals surface area contributed by atoms with Gasteiger partial charge in [0.05, 0.1) is 0 Å². The average molecular weight is 389 g/mol. The fourth-order valence-corrected chi connectivity index (χ4v) is 4.76. The highest BCUT2D eigenvalue weighted by Gasteiger charge is 2.33. The largest absolute Gasteiger partial charge is 0.357 e. The Labute approximate surface area is 171 Å². The van der Waals surface area contributed by atoms with E-state index in [0.717, 1.165) is 44.7 Å². The molecule has 0 bridgehead atoms. The molecule has 2 aliphatic heterocycles. The van der Waals surface area contributed by atoms with Gasteiger partial charge >= 0.3 is 0 Å². The topological polar surface area (TPSA) is 51.4 Å². The molecule has 0 radical (unpaired) electrons. The molecule has 1 fully saturated rings. The van der Waals surface area contributed by atoms with Crippen molar-refractivity contribution in [2.24, 2.45) is 0 Å². The minimum absolute atomic E-state index is 0.0183. The Hall–Kier alpha value is -2.63. The molecule has 1 aromatic heterocycles. The van der Waals surface area contributed by atoms with Gasteiger partial charge in [-0.2, -0.15) is 0 Å². The van der Waals surface area contributed by atoms with Crippen LogP contribution < -0.4 is 5.32 Å². The van der Waals surface area contributed by atoms with Crippen LogP contribution in [0.3, 0.4) is 0 Å². The van der Waals surface area contributed by atoms with Gasteiger partial charge in [-0.15, -0.1) is 0 Å². The lowest BCUT2D eigenvalue weighted by Gasteiger charge is -2.44. The lowest BCUT2D eigenvalue weighted by molar-refractivity contribution is 0.0600. The van der Waals surface area contributed by atoms with E-state index in [0.29, 0.717) is 12.6 Å². The summed E-state index contributed by atoms with van der Waals surface area (Å²) in [6, 6.07) is 17.0. The number of benzene rings is 2. The first-order valence-electron chi connectivity index (χ1n) is 10.6. The van der Waals surface area contributed by atoms with E-state index in [2.05, 4.69) is 44.4 Å². The van der Waals surface area contributed by atoms with Crippen molar-refractivity contribution < 1.29 is 4.79 Å². The number of hydrogen-bond donors (Lipinski definition) is 2. The number of aryl methyl sites for hydroxylation is 1. The third-order valence-electron chi connectivity index (χ3n) is 6.42. The fourth-order valence-electron chi connectivity index (χ4n) is 4.76. The zero-order valence-electron chi connectivity index (χ0n) is 16.9. The van der Waals surface area contributed by atoms with Crippen LogP contribution in [0.2, 0.25) is 0 Å². The zero-order chi connectivity index (χ0) is 19.8. The number of fused-ring (bicyclic) bond motifs is 4. The van der Waals surface area contributed by atoms with Gasteiger partial charge in [-0.25, -0.2) is 0 Å². The molecule has 2 aliphatic rings. The first-order chi connectivity index (χ1) is 14.2. The van der Waals surface area contributed by atoms with Crippen molar-refractivity contribution in [2.75, 3.05) is 32.7 Å². The second-order valence-corrected chi connectivity index (χ2v) is 8.38. The van der Waals surface area contributed by atoms with Crippen LogP contribution in [0.1, 0.15) is 27.2 Å². The molecule has 5 heteroatoms. The Balaban J connectivity index is 1.18. The van der Waals surface area contributed by atoms with Crippen LogP contribution in [-0.2, 0) is 13.0 Å². The maximum Gasteiger partial charge on any atom is 0.251 e. The van der Waals surface area contributed by atoms with Gasteiger partial charge in [-0.3, -0.25) is 14.6 Å². The third-order valence-corrected chi connectivity index (χ3v) is 6.42. The van der Waals surface area contributed by atoms with E-state index in [9.17, 15) is 4.79 Å². The molecule has 1 unspecified atom stereocenters. The maximum absolute atomic E-state index is 12.3. The van der Waals surface area contributed by atoms with Gasteiger partial charge in [-0.1, -0.05) is 35.9 Å². The summed E-state index contributed by atoms with van der Waals surface area (Å²) >= 11 is 0. The smallest absolute Gasteiger partial charge is 0.251 e. The number of rotatable bonds is 4. The molecule has 29 heavy (non-hydrogen) atoms. The maximum atomic E-state index is 12.3. The molecule has 0 spiro atoms. The van der Waals surface area contributed by atoms with Gasteiger partial charge in [0.1, 0.15) is 0 Å². The molecule has 3 heterocycles. The minimum atomic E-state index is 0.0183. The summed E-state index contributed by atoms with van der Waals surface area (Å²) in [7, 11) is 0. The van der Waals surface area contributed by atoms with Gasteiger partial charge in [0.25, 0.3) is 5.91 Å². The molecule has 1 amide bonds. The highest BCUT2D eigenvalue weighted by Crippen LogP contribution is 2.31. The lowest BCUT2D eigenvalue weighted by Crippen LogP contribution is -2.56. The Morgan fingerprint density at radius 1 is 1.14 bits per heavy atom. The molecule has 2 N–H and O–H groups in total. The summed E-state index contributed by atoms with van der Waals surface area (Å²) in [6.45, 7) is 7.87. The fraction of sp³-hybridized carbons (Fsp3) is 0.375. The summed E-state index contributed by atoms with van der Waals surface area (Å²) in [5.41, 5.74) is 6.05. The monoisotopic (exact) mass is 388 g/mol. The Morgan fingerprint density at radius 3 is 2.83 bits per heavy atom. The molecule has 0 saturated carbocycles. The number of piperazine rings is 1. The van der Waals surface area contributed by atoms with Crippen molar-refractivity contribution in [2.45, 2.75) is 25.9 Å². The van der Waals surface area contributed by atoms with Crippen LogP contribution in [0.15, 0.2) is 48.5 Å². The molecule has 0 aliphatic carbocycles. The summed E-state index contributed by atoms with van der Waals surface area (Å²) in [5, 5.41) is 4.45. The number of H-pyrrole nitrogens is 1. The van der Waals surface area contributed by atoms with Crippen molar-refractivity contribution in [1.82, 2.24) is 20.1 Å². The van der Waals surface area contributed by atoms with E-state index in [1.807, 2.05) is 31.2 Å². The Bertz CT molecular complexity index is 1020. The van der Waals surface area contributed by atoms with Crippen LogP contribution in [0.5, 0.6) is 0 Å². The van der Waals surface area contributed by atoms with Crippen molar-refractivity contribution in [3.8, 4) is 0 Å². The number of hydrogen-bond acceptors (Lipinski definition) is 3. The van der Waals surface area contributed by atoms with E-state index in [4.69, 9.17) is 0 Å². The van der Waals surface area contributed by atoms with Gasteiger partial charge in [0.15, 0.2) is 0 Å². The number of carbonyl (C=O) groups excluding carboxylic acids is 1. The van der Waals surface area contributed by atoms with Crippen molar-refractivity contribution >= 4 is 16.8 Å². The second kappa shape index (κ2) is 7.65. The van der Waals surface area contributed by atoms with Crippen LogP contribution in [-0.4, -0.2) is 59.5 Å². The average Bonchev–Trinajstić information content (AvgIpc) is 3.10. The molecule has 150 valence electrons. The van der Waals surface area contributed by atoms with E-state index in [1.165, 1.54) is 27.7 Å².